The molecule has 110 valence electrons. The van der Waals surface area contributed by atoms with Crippen LogP contribution >= 0.6 is 0 Å². The standard InChI is InChI=1S/C11H16BFN2O4S/c1-10(2)11(3,4)19-12(18-10)7-5-8(20(14,16)17)9(13)15-6-7/h5-6H,1-4H3,(H2,14,16,17). The lowest BCUT2D eigenvalue weighted by Gasteiger charge is -2.32. The summed E-state index contributed by atoms with van der Waals surface area (Å²) >= 11 is 0. The second kappa shape index (κ2) is 4.49. The van der Waals surface area contributed by atoms with Gasteiger partial charge in [0.05, 0.1) is 11.2 Å². The van der Waals surface area contributed by atoms with Gasteiger partial charge in [0.15, 0.2) is 0 Å². The van der Waals surface area contributed by atoms with E-state index in [1.807, 2.05) is 27.7 Å². The van der Waals surface area contributed by atoms with Crippen LogP contribution in [-0.2, 0) is 19.3 Å². The van der Waals surface area contributed by atoms with E-state index in [1.54, 1.807) is 0 Å². The zero-order chi connectivity index (χ0) is 15.3. The van der Waals surface area contributed by atoms with Crippen LogP contribution in [0, 0.1) is 5.95 Å². The quantitative estimate of drug-likeness (QED) is 0.621. The van der Waals surface area contributed by atoms with Crippen molar-refractivity contribution in [2.24, 2.45) is 5.14 Å². The molecule has 9 heteroatoms. The molecule has 1 saturated heterocycles. The van der Waals surface area contributed by atoms with Crippen LogP contribution in [-0.4, -0.2) is 31.7 Å². The first kappa shape index (κ1) is 15.4. The maximum Gasteiger partial charge on any atom is 0.496 e. The Hall–Kier alpha value is -1.03. The Morgan fingerprint density at radius 3 is 2.20 bits per heavy atom. The summed E-state index contributed by atoms with van der Waals surface area (Å²) in [6.45, 7) is 7.41. The summed E-state index contributed by atoms with van der Waals surface area (Å²) in [4.78, 5) is 2.72. The minimum absolute atomic E-state index is 0.300. The molecule has 6 nitrogen and oxygen atoms in total. The third-order valence-electron chi connectivity index (χ3n) is 3.66. The molecule has 20 heavy (non-hydrogen) atoms. The van der Waals surface area contributed by atoms with E-state index in [9.17, 15) is 12.8 Å². The van der Waals surface area contributed by atoms with Gasteiger partial charge in [-0.05, 0) is 33.8 Å². The molecule has 1 aromatic heterocycles. The van der Waals surface area contributed by atoms with Gasteiger partial charge in [0.2, 0.25) is 16.0 Å². The molecule has 0 saturated carbocycles. The average Bonchev–Trinajstić information content (AvgIpc) is 2.47. The number of halogens is 1. The van der Waals surface area contributed by atoms with Crippen LogP contribution in [0.2, 0.25) is 0 Å². The Bertz CT molecular complexity index is 632. The monoisotopic (exact) mass is 302 g/mol. The molecule has 0 aliphatic carbocycles. The number of sulfonamides is 1. The number of hydrogen-bond acceptors (Lipinski definition) is 5. The maximum atomic E-state index is 13.4. The van der Waals surface area contributed by atoms with Crippen LogP contribution in [0.5, 0.6) is 0 Å². The highest BCUT2D eigenvalue weighted by Gasteiger charge is 2.52. The van der Waals surface area contributed by atoms with Gasteiger partial charge in [0, 0.05) is 11.7 Å². The van der Waals surface area contributed by atoms with Gasteiger partial charge in [-0.25, -0.2) is 18.5 Å². The van der Waals surface area contributed by atoms with Gasteiger partial charge in [-0.3, -0.25) is 0 Å². The molecule has 2 N–H and O–H groups in total. The zero-order valence-corrected chi connectivity index (χ0v) is 12.5. The summed E-state index contributed by atoms with van der Waals surface area (Å²) in [7, 11) is -5.02. The normalized spacial score (nSPS) is 21.2. The maximum absolute atomic E-state index is 13.4. The summed E-state index contributed by atoms with van der Waals surface area (Å²) in [6.07, 6.45) is 1.17. The summed E-state index contributed by atoms with van der Waals surface area (Å²) in [5, 5.41) is 4.94. The van der Waals surface area contributed by atoms with Crippen molar-refractivity contribution in [2.45, 2.75) is 43.8 Å². The molecule has 1 aromatic rings. The van der Waals surface area contributed by atoms with E-state index in [2.05, 4.69) is 4.98 Å². The Kier molecular flexibility index (Phi) is 3.45. The van der Waals surface area contributed by atoms with E-state index >= 15 is 0 Å². The van der Waals surface area contributed by atoms with Gasteiger partial charge in [-0.1, -0.05) is 0 Å². The van der Waals surface area contributed by atoms with Crippen molar-refractivity contribution in [1.82, 2.24) is 4.98 Å². The van der Waals surface area contributed by atoms with Gasteiger partial charge < -0.3 is 9.31 Å². The summed E-state index contributed by atoms with van der Waals surface area (Å²) < 4.78 is 47.5. The number of rotatable bonds is 2. The lowest BCUT2D eigenvalue weighted by molar-refractivity contribution is 0.00578. The van der Waals surface area contributed by atoms with E-state index in [-0.39, 0.29) is 0 Å². The molecule has 0 unspecified atom stereocenters. The average molecular weight is 302 g/mol. The number of nitrogens with zero attached hydrogens (tertiary/aromatic N) is 1. The molecular weight excluding hydrogens is 286 g/mol. The first-order chi connectivity index (χ1) is 8.94. The largest absolute Gasteiger partial charge is 0.496 e. The summed E-state index contributed by atoms with van der Waals surface area (Å²) in [6, 6.07) is 1.08. The van der Waals surface area contributed by atoms with Crippen molar-refractivity contribution >= 4 is 22.6 Å². The molecule has 0 bridgehead atoms. The van der Waals surface area contributed by atoms with Crippen molar-refractivity contribution in [3.05, 3.63) is 18.2 Å². The van der Waals surface area contributed by atoms with Crippen LogP contribution in [0.4, 0.5) is 4.39 Å². The van der Waals surface area contributed by atoms with Crippen molar-refractivity contribution in [2.75, 3.05) is 0 Å². The molecule has 1 aliphatic rings. The zero-order valence-electron chi connectivity index (χ0n) is 11.7. The number of pyridine rings is 1. The molecule has 2 rings (SSSR count). The van der Waals surface area contributed by atoms with Gasteiger partial charge in [-0.2, -0.15) is 4.39 Å². The van der Waals surface area contributed by atoms with Gasteiger partial charge in [0.1, 0.15) is 4.90 Å². The number of nitrogens with two attached hydrogens (primary N) is 1. The fourth-order valence-corrected chi connectivity index (χ4v) is 2.34. The molecule has 0 radical (unpaired) electrons. The smallest absolute Gasteiger partial charge is 0.399 e. The van der Waals surface area contributed by atoms with Crippen LogP contribution in [0.1, 0.15) is 27.7 Å². The third kappa shape index (κ3) is 2.58. The van der Waals surface area contributed by atoms with E-state index in [4.69, 9.17) is 14.4 Å². The molecular formula is C11H16BFN2O4S. The number of primary sulfonamides is 1. The Labute approximate surface area is 117 Å². The van der Waals surface area contributed by atoms with Crippen molar-refractivity contribution in [3.8, 4) is 0 Å². The topological polar surface area (TPSA) is 91.5 Å². The lowest BCUT2D eigenvalue weighted by atomic mass is 9.80. The van der Waals surface area contributed by atoms with Gasteiger partial charge >= 0.3 is 7.12 Å². The molecule has 1 fully saturated rings. The lowest BCUT2D eigenvalue weighted by Crippen LogP contribution is -2.41. The van der Waals surface area contributed by atoms with Crippen LogP contribution in [0.15, 0.2) is 17.2 Å². The number of hydrogen-bond donors (Lipinski definition) is 1. The fourth-order valence-electron chi connectivity index (χ4n) is 1.75. The van der Waals surface area contributed by atoms with Gasteiger partial charge in [0.25, 0.3) is 0 Å². The second-order valence-corrected chi connectivity index (χ2v) is 7.22. The predicted molar refractivity (Wildman–Crippen MR) is 71.3 cm³/mol. The van der Waals surface area contributed by atoms with E-state index in [0.29, 0.717) is 5.46 Å². The molecule has 1 aliphatic heterocycles. The SMILES string of the molecule is CC1(C)OB(c2cnc(F)c(S(N)(=O)=O)c2)OC1(C)C. The number of aromatic nitrogens is 1. The Balaban J connectivity index is 2.42. The first-order valence-corrected chi connectivity index (χ1v) is 7.52. The van der Waals surface area contributed by atoms with Gasteiger partial charge in [-0.15, -0.1) is 0 Å². The van der Waals surface area contributed by atoms with Crippen molar-refractivity contribution in [1.29, 1.82) is 0 Å². The minimum atomic E-state index is -4.19. The Morgan fingerprint density at radius 2 is 1.75 bits per heavy atom. The summed E-state index contributed by atoms with van der Waals surface area (Å²) in [5.41, 5.74) is -0.879. The van der Waals surface area contributed by atoms with Crippen LogP contribution in [0.25, 0.3) is 0 Å². The van der Waals surface area contributed by atoms with E-state index in [0.717, 1.165) is 6.07 Å². The molecule has 0 aromatic carbocycles. The first-order valence-electron chi connectivity index (χ1n) is 5.98. The second-order valence-electron chi connectivity index (χ2n) is 5.69. The fraction of sp³-hybridized carbons (Fsp3) is 0.545. The molecule has 0 amide bonds. The predicted octanol–water partition coefficient (Wildman–Crippen LogP) is 0.167. The van der Waals surface area contributed by atoms with E-state index < -0.39 is 39.2 Å². The molecule has 0 spiro atoms. The van der Waals surface area contributed by atoms with E-state index in [1.165, 1.54) is 6.20 Å². The van der Waals surface area contributed by atoms with Crippen molar-refractivity contribution in [3.63, 3.8) is 0 Å². The molecule has 2 heterocycles. The van der Waals surface area contributed by atoms with Crippen LogP contribution in [0.3, 0.4) is 0 Å². The highest BCUT2D eigenvalue weighted by molar-refractivity contribution is 7.89. The summed E-state index contributed by atoms with van der Waals surface area (Å²) in [5.74, 6) is -1.15. The third-order valence-corrected chi connectivity index (χ3v) is 4.56. The minimum Gasteiger partial charge on any atom is -0.399 e. The Morgan fingerprint density at radius 1 is 1.25 bits per heavy atom. The molecule has 0 atom stereocenters. The highest BCUT2D eigenvalue weighted by Crippen LogP contribution is 2.36. The van der Waals surface area contributed by atoms with Crippen LogP contribution < -0.4 is 10.6 Å². The highest BCUT2D eigenvalue weighted by atomic mass is 32.2. The van der Waals surface area contributed by atoms with Crippen molar-refractivity contribution < 1.29 is 22.1 Å².